The Morgan fingerprint density at radius 2 is 2.11 bits per heavy atom. The number of nitrogens with zero attached hydrogens (tertiary/aromatic N) is 1. The lowest BCUT2D eigenvalue weighted by molar-refractivity contribution is -0.108. The standard InChI is InChI=1S/C11H12BrNO5S/c12-9-4-3-8(11(14)15)7-10(9)19(16,17)13-5-1-2-6-18-13/h3-4,7H,1-2,5-6H2,(H,14,15). The van der Waals surface area contributed by atoms with Gasteiger partial charge in [-0.1, -0.05) is 4.47 Å². The van der Waals surface area contributed by atoms with Crippen molar-refractivity contribution in [1.82, 2.24) is 4.47 Å². The van der Waals surface area contributed by atoms with Crippen LogP contribution in [0.2, 0.25) is 0 Å². The van der Waals surface area contributed by atoms with Crippen LogP contribution < -0.4 is 0 Å². The van der Waals surface area contributed by atoms with Crippen molar-refractivity contribution in [2.24, 2.45) is 0 Å². The topological polar surface area (TPSA) is 83.9 Å². The molecule has 1 aliphatic heterocycles. The zero-order chi connectivity index (χ0) is 14.0. The molecule has 8 heteroatoms. The van der Waals surface area contributed by atoms with Crippen molar-refractivity contribution in [3.8, 4) is 0 Å². The van der Waals surface area contributed by atoms with Crippen LogP contribution in [0.3, 0.4) is 0 Å². The van der Waals surface area contributed by atoms with Crippen molar-refractivity contribution in [1.29, 1.82) is 0 Å². The first-order valence-corrected chi connectivity index (χ1v) is 7.85. The number of carboxylic acids is 1. The fraction of sp³-hybridized carbons (Fsp3) is 0.364. The molecule has 1 heterocycles. The van der Waals surface area contributed by atoms with E-state index in [-0.39, 0.29) is 17.0 Å². The zero-order valence-corrected chi connectivity index (χ0v) is 12.3. The summed E-state index contributed by atoms with van der Waals surface area (Å²) in [6, 6.07) is 3.86. The molecule has 19 heavy (non-hydrogen) atoms. The number of carbonyl (C=O) groups is 1. The molecule has 0 unspecified atom stereocenters. The normalized spacial score (nSPS) is 17.3. The third kappa shape index (κ3) is 2.97. The van der Waals surface area contributed by atoms with Crippen LogP contribution in [-0.2, 0) is 14.9 Å². The fourth-order valence-electron chi connectivity index (χ4n) is 1.71. The molecule has 1 aromatic carbocycles. The summed E-state index contributed by atoms with van der Waals surface area (Å²) in [7, 11) is -3.85. The largest absolute Gasteiger partial charge is 0.478 e. The van der Waals surface area contributed by atoms with Gasteiger partial charge in [0.2, 0.25) is 0 Å². The second kappa shape index (κ2) is 5.58. The van der Waals surface area contributed by atoms with Crippen LogP contribution >= 0.6 is 15.9 Å². The highest BCUT2D eigenvalue weighted by molar-refractivity contribution is 9.10. The minimum Gasteiger partial charge on any atom is -0.478 e. The van der Waals surface area contributed by atoms with Gasteiger partial charge < -0.3 is 5.11 Å². The second-order valence-corrected chi connectivity index (χ2v) is 6.67. The molecule has 104 valence electrons. The lowest BCUT2D eigenvalue weighted by atomic mass is 10.2. The lowest BCUT2D eigenvalue weighted by Crippen LogP contribution is -2.36. The second-order valence-electron chi connectivity index (χ2n) is 4.02. The van der Waals surface area contributed by atoms with Gasteiger partial charge >= 0.3 is 5.97 Å². The van der Waals surface area contributed by atoms with Gasteiger partial charge in [-0.3, -0.25) is 4.84 Å². The molecule has 0 atom stereocenters. The van der Waals surface area contributed by atoms with Crippen molar-refractivity contribution in [2.75, 3.05) is 13.2 Å². The molecule has 1 fully saturated rings. The van der Waals surface area contributed by atoms with E-state index in [1.165, 1.54) is 12.1 Å². The number of halogens is 1. The Labute approximate surface area is 119 Å². The van der Waals surface area contributed by atoms with Gasteiger partial charge in [-0.05, 0) is 47.0 Å². The Morgan fingerprint density at radius 1 is 1.37 bits per heavy atom. The maximum Gasteiger partial charge on any atom is 0.335 e. The average Bonchev–Trinajstić information content (AvgIpc) is 2.39. The summed E-state index contributed by atoms with van der Waals surface area (Å²) in [5, 5.41) is 8.92. The number of hydrogen-bond acceptors (Lipinski definition) is 4. The van der Waals surface area contributed by atoms with Gasteiger partial charge in [-0.2, -0.15) is 0 Å². The minimum absolute atomic E-state index is 0.0845. The molecular weight excluding hydrogens is 338 g/mol. The molecule has 6 nitrogen and oxygen atoms in total. The highest BCUT2D eigenvalue weighted by atomic mass is 79.9. The van der Waals surface area contributed by atoms with E-state index in [1.807, 2.05) is 0 Å². The first-order valence-electron chi connectivity index (χ1n) is 5.61. The molecule has 0 spiro atoms. The SMILES string of the molecule is O=C(O)c1ccc(Br)c(S(=O)(=O)N2CCCCO2)c1. The Hall–Kier alpha value is -0.960. The van der Waals surface area contributed by atoms with Crippen LogP contribution in [0.4, 0.5) is 0 Å². The monoisotopic (exact) mass is 349 g/mol. The molecule has 0 bridgehead atoms. The lowest BCUT2D eigenvalue weighted by Gasteiger charge is -2.25. The van der Waals surface area contributed by atoms with E-state index in [2.05, 4.69) is 15.9 Å². The number of rotatable bonds is 3. The third-order valence-electron chi connectivity index (χ3n) is 2.69. The van der Waals surface area contributed by atoms with E-state index >= 15 is 0 Å². The van der Waals surface area contributed by atoms with Crippen LogP contribution in [0, 0.1) is 0 Å². The molecular formula is C11H12BrNO5S. The van der Waals surface area contributed by atoms with E-state index in [1.54, 1.807) is 0 Å². The van der Waals surface area contributed by atoms with Crippen molar-refractivity contribution < 1.29 is 23.2 Å². The number of aromatic carboxylic acids is 1. The van der Waals surface area contributed by atoms with Crippen LogP contribution in [0.25, 0.3) is 0 Å². The van der Waals surface area contributed by atoms with Crippen LogP contribution in [0.15, 0.2) is 27.6 Å². The van der Waals surface area contributed by atoms with Gasteiger partial charge in [-0.25, -0.2) is 13.2 Å². The van der Waals surface area contributed by atoms with E-state index in [0.29, 0.717) is 11.1 Å². The van der Waals surface area contributed by atoms with E-state index in [9.17, 15) is 13.2 Å². The number of carboxylic acid groups (broad SMARTS) is 1. The van der Waals surface area contributed by atoms with Gasteiger partial charge in [0.25, 0.3) is 10.0 Å². The molecule has 0 aliphatic carbocycles. The van der Waals surface area contributed by atoms with Crippen molar-refractivity contribution in [3.63, 3.8) is 0 Å². The molecule has 0 aromatic heterocycles. The van der Waals surface area contributed by atoms with Gasteiger partial charge in [-0.15, -0.1) is 0 Å². The fourth-order valence-corrected chi connectivity index (χ4v) is 3.96. The first-order chi connectivity index (χ1) is 8.93. The predicted octanol–water partition coefficient (Wildman–Crippen LogP) is 1.86. The summed E-state index contributed by atoms with van der Waals surface area (Å²) in [5.74, 6) is -1.18. The Balaban J connectivity index is 2.44. The highest BCUT2D eigenvalue weighted by Gasteiger charge is 2.29. The summed E-state index contributed by atoms with van der Waals surface area (Å²) in [6.45, 7) is 0.613. The number of hydroxylamine groups is 1. The van der Waals surface area contributed by atoms with E-state index in [0.717, 1.165) is 23.4 Å². The smallest absolute Gasteiger partial charge is 0.335 e. The summed E-state index contributed by atoms with van der Waals surface area (Å²) >= 11 is 3.13. The van der Waals surface area contributed by atoms with E-state index < -0.39 is 16.0 Å². The zero-order valence-electron chi connectivity index (χ0n) is 9.87. The maximum atomic E-state index is 12.4. The van der Waals surface area contributed by atoms with Crippen LogP contribution in [-0.4, -0.2) is 37.1 Å². The average molecular weight is 350 g/mol. The summed E-state index contributed by atoms with van der Waals surface area (Å²) in [6.07, 6.45) is 1.53. The molecule has 1 aromatic rings. The predicted molar refractivity (Wildman–Crippen MR) is 70.2 cm³/mol. The van der Waals surface area contributed by atoms with Crippen molar-refractivity contribution in [2.45, 2.75) is 17.7 Å². The third-order valence-corrected chi connectivity index (χ3v) is 5.37. The minimum atomic E-state index is -3.85. The highest BCUT2D eigenvalue weighted by Crippen LogP contribution is 2.27. The maximum absolute atomic E-state index is 12.4. The van der Waals surface area contributed by atoms with Crippen LogP contribution in [0.5, 0.6) is 0 Å². The van der Waals surface area contributed by atoms with E-state index in [4.69, 9.17) is 9.94 Å². The number of sulfonamides is 1. The molecule has 1 aliphatic rings. The molecule has 2 rings (SSSR count). The summed E-state index contributed by atoms with van der Waals surface area (Å²) < 4.78 is 26.0. The van der Waals surface area contributed by atoms with Gasteiger partial charge in [0, 0.05) is 11.0 Å². The van der Waals surface area contributed by atoms with Crippen molar-refractivity contribution >= 4 is 31.9 Å². The molecule has 0 radical (unpaired) electrons. The van der Waals surface area contributed by atoms with Gasteiger partial charge in [0.1, 0.15) is 0 Å². The molecule has 1 N–H and O–H groups in total. The Bertz CT molecular complexity index is 595. The molecule has 0 saturated carbocycles. The summed E-state index contributed by atoms with van der Waals surface area (Å²) in [4.78, 5) is 15.9. The Kier molecular flexibility index (Phi) is 4.24. The quantitative estimate of drug-likeness (QED) is 0.900. The summed E-state index contributed by atoms with van der Waals surface area (Å²) in [5.41, 5.74) is -0.0845. The van der Waals surface area contributed by atoms with Crippen molar-refractivity contribution in [3.05, 3.63) is 28.2 Å². The van der Waals surface area contributed by atoms with Gasteiger partial charge in [0.05, 0.1) is 17.1 Å². The molecule has 1 saturated heterocycles. The van der Waals surface area contributed by atoms with Gasteiger partial charge in [0.15, 0.2) is 0 Å². The Morgan fingerprint density at radius 3 is 2.68 bits per heavy atom. The van der Waals surface area contributed by atoms with Crippen LogP contribution in [0.1, 0.15) is 23.2 Å². The number of benzene rings is 1. The first kappa shape index (κ1) is 14.4. The molecule has 0 amide bonds. The number of hydrogen-bond donors (Lipinski definition) is 1.